The second-order valence-electron chi connectivity index (χ2n) is 5.04. The predicted molar refractivity (Wildman–Crippen MR) is 86.6 cm³/mol. The Hall–Kier alpha value is -2.32. The van der Waals surface area contributed by atoms with Crippen LogP contribution in [0.4, 0.5) is 0 Å². The van der Waals surface area contributed by atoms with Crippen molar-refractivity contribution in [1.29, 1.82) is 0 Å². The first-order valence-corrected chi connectivity index (χ1v) is 7.44. The van der Waals surface area contributed by atoms with Gasteiger partial charge in [-0.15, -0.1) is 11.3 Å². The molecular weight excluding hydrogens is 264 g/mol. The normalized spacial score (nSPS) is 12.0. The molecule has 0 amide bonds. The molecule has 1 nitrogen and oxygen atoms in total. The van der Waals surface area contributed by atoms with Crippen molar-refractivity contribution in [2.75, 3.05) is 0 Å². The quantitative estimate of drug-likeness (QED) is 0.340. The Bertz CT molecular complexity index is 1100. The van der Waals surface area contributed by atoms with Crippen LogP contribution >= 0.6 is 11.3 Å². The molecule has 2 heterocycles. The molecule has 2 aromatic heterocycles. The maximum atomic E-state index is 5.72. The van der Waals surface area contributed by atoms with Crippen LogP contribution in [0.25, 0.3) is 41.9 Å². The zero-order valence-electron chi connectivity index (χ0n) is 10.6. The highest BCUT2D eigenvalue weighted by Crippen LogP contribution is 2.41. The second-order valence-corrected chi connectivity index (χ2v) is 6.10. The lowest BCUT2D eigenvalue weighted by Gasteiger charge is -1.98. The van der Waals surface area contributed by atoms with Crippen LogP contribution in [-0.4, -0.2) is 0 Å². The molecule has 0 bridgehead atoms. The fourth-order valence-electron chi connectivity index (χ4n) is 3.01. The minimum Gasteiger partial charge on any atom is -0.464 e. The van der Waals surface area contributed by atoms with E-state index in [0.29, 0.717) is 0 Å². The van der Waals surface area contributed by atoms with E-state index in [1.165, 1.54) is 36.3 Å². The van der Waals surface area contributed by atoms with Crippen molar-refractivity contribution in [3.05, 3.63) is 60.9 Å². The molecule has 0 radical (unpaired) electrons. The van der Waals surface area contributed by atoms with Crippen molar-refractivity contribution in [2.45, 2.75) is 0 Å². The Labute approximate surface area is 119 Å². The summed E-state index contributed by atoms with van der Waals surface area (Å²) in [4.78, 5) is 0. The number of hydrogen-bond acceptors (Lipinski definition) is 2. The van der Waals surface area contributed by atoms with Crippen LogP contribution in [0.3, 0.4) is 0 Å². The first kappa shape index (κ1) is 10.5. The molecule has 5 aromatic rings. The zero-order chi connectivity index (χ0) is 13.1. The van der Waals surface area contributed by atoms with Gasteiger partial charge < -0.3 is 4.42 Å². The maximum Gasteiger partial charge on any atom is 0.143 e. The summed E-state index contributed by atoms with van der Waals surface area (Å²) < 4.78 is 8.36. The topological polar surface area (TPSA) is 13.1 Å². The van der Waals surface area contributed by atoms with E-state index in [-0.39, 0.29) is 0 Å². The largest absolute Gasteiger partial charge is 0.464 e. The van der Waals surface area contributed by atoms with Gasteiger partial charge in [0.15, 0.2) is 0 Å². The highest BCUT2D eigenvalue weighted by Gasteiger charge is 2.12. The molecule has 5 rings (SSSR count). The van der Waals surface area contributed by atoms with Crippen molar-refractivity contribution >= 4 is 53.3 Å². The van der Waals surface area contributed by atoms with Gasteiger partial charge in [-0.3, -0.25) is 0 Å². The third-order valence-electron chi connectivity index (χ3n) is 3.94. The smallest absolute Gasteiger partial charge is 0.143 e. The molecule has 0 atom stereocenters. The molecule has 0 aliphatic rings. The summed E-state index contributed by atoms with van der Waals surface area (Å²) in [6.45, 7) is 0. The molecule has 94 valence electrons. The molecule has 0 fully saturated rings. The number of thiophene rings is 1. The molecule has 3 aromatic carbocycles. The highest BCUT2D eigenvalue weighted by molar-refractivity contribution is 7.26. The average molecular weight is 274 g/mol. The van der Waals surface area contributed by atoms with Crippen LogP contribution in [0.1, 0.15) is 0 Å². The lowest BCUT2D eigenvalue weighted by Crippen LogP contribution is -1.72. The molecule has 0 spiro atoms. The third kappa shape index (κ3) is 1.22. The molecule has 0 saturated carbocycles. The first-order valence-electron chi connectivity index (χ1n) is 6.62. The predicted octanol–water partition coefficient (Wildman–Crippen LogP) is 5.95. The molecule has 2 heteroatoms. The van der Waals surface area contributed by atoms with Crippen molar-refractivity contribution in [2.24, 2.45) is 0 Å². The highest BCUT2D eigenvalue weighted by atomic mass is 32.1. The van der Waals surface area contributed by atoms with Crippen LogP contribution < -0.4 is 0 Å². The van der Waals surface area contributed by atoms with Crippen LogP contribution in [-0.2, 0) is 0 Å². The van der Waals surface area contributed by atoms with Gasteiger partial charge in [0.1, 0.15) is 5.58 Å². The van der Waals surface area contributed by atoms with Crippen LogP contribution in [0.15, 0.2) is 65.3 Å². The number of furan rings is 1. The van der Waals surface area contributed by atoms with E-state index in [1.54, 1.807) is 6.26 Å². The van der Waals surface area contributed by atoms with Crippen LogP contribution in [0.5, 0.6) is 0 Å². The van der Waals surface area contributed by atoms with Crippen LogP contribution in [0.2, 0.25) is 0 Å². The van der Waals surface area contributed by atoms with Gasteiger partial charge >= 0.3 is 0 Å². The fraction of sp³-hybridized carbons (Fsp3) is 0. The van der Waals surface area contributed by atoms with Gasteiger partial charge in [0, 0.05) is 25.6 Å². The zero-order valence-corrected chi connectivity index (χ0v) is 11.4. The summed E-state index contributed by atoms with van der Waals surface area (Å²) in [5.41, 5.74) is 1.00. The Morgan fingerprint density at radius 3 is 2.65 bits per heavy atom. The maximum absolute atomic E-state index is 5.72. The second kappa shape index (κ2) is 3.62. The van der Waals surface area contributed by atoms with Gasteiger partial charge in [0.25, 0.3) is 0 Å². The standard InChI is InChI=1S/C18H10OS/c1-2-4-13-11(3-1)5-7-14-16-15(20-18(13)14)8-6-12-9-10-19-17(12)16/h1-10H. The van der Waals surface area contributed by atoms with Gasteiger partial charge in [-0.2, -0.15) is 0 Å². The van der Waals surface area contributed by atoms with E-state index in [2.05, 4.69) is 48.5 Å². The first-order chi connectivity index (χ1) is 9.92. The summed E-state index contributed by atoms with van der Waals surface area (Å²) >= 11 is 1.85. The molecule has 0 N–H and O–H groups in total. The summed E-state index contributed by atoms with van der Waals surface area (Å²) in [5.74, 6) is 0. The van der Waals surface area contributed by atoms with Gasteiger partial charge in [-0.25, -0.2) is 0 Å². The monoisotopic (exact) mass is 274 g/mol. The molecule has 0 aliphatic carbocycles. The number of benzene rings is 3. The van der Waals surface area contributed by atoms with Crippen molar-refractivity contribution in [1.82, 2.24) is 0 Å². The molecule has 0 aliphatic heterocycles. The molecule has 20 heavy (non-hydrogen) atoms. The van der Waals surface area contributed by atoms with E-state index >= 15 is 0 Å². The summed E-state index contributed by atoms with van der Waals surface area (Å²) in [7, 11) is 0. The SMILES string of the molecule is c1ccc2c(c1)ccc1c2sc2ccc3ccoc3c21. The summed E-state index contributed by atoms with van der Waals surface area (Å²) in [5, 5.41) is 6.33. The van der Waals surface area contributed by atoms with Crippen LogP contribution in [0, 0.1) is 0 Å². The fourth-order valence-corrected chi connectivity index (χ4v) is 4.25. The van der Waals surface area contributed by atoms with E-state index in [9.17, 15) is 0 Å². The van der Waals surface area contributed by atoms with Crippen molar-refractivity contribution in [3.8, 4) is 0 Å². The Kier molecular flexibility index (Phi) is 1.89. The van der Waals surface area contributed by atoms with Gasteiger partial charge in [-0.1, -0.05) is 36.4 Å². The number of fused-ring (bicyclic) bond motifs is 7. The molecular formula is C18H10OS. The number of hydrogen-bond donors (Lipinski definition) is 0. The van der Waals surface area contributed by atoms with Gasteiger partial charge in [0.05, 0.1) is 6.26 Å². The Balaban J connectivity index is 2.14. The van der Waals surface area contributed by atoms with E-state index in [0.717, 1.165) is 5.58 Å². The summed E-state index contributed by atoms with van der Waals surface area (Å²) in [6, 6.07) is 19.4. The van der Waals surface area contributed by atoms with E-state index < -0.39 is 0 Å². The van der Waals surface area contributed by atoms with E-state index in [4.69, 9.17) is 4.42 Å². The third-order valence-corrected chi connectivity index (χ3v) is 5.15. The molecule has 0 saturated heterocycles. The lowest BCUT2D eigenvalue weighted by atomic mass is 10.1. The van der Waals surface area contributed by atoms with E-state index in [1.807, 2.05) is 17.4 Å². The average Bonchev–Trinajstić information content (AvgIpc) is 3.10. The summed E-state index contributed by atoms with van der Waals surface area (Å²) in [6.07, 6.45) is 1.77. The number of rotatable bonds is 0. The Morgan fingerprint density at radius 1 is 0.750 bits per heavy atom. The van der Waals surface area contributed by atoms with Gasteiger partial charge in [0.2, 0.25) is 0 Å². The minimum atomic E-state index is 1.00. The van der Waals surface area contributed by atoms with Crippen molar-refractivity contribution in [3.63, 3.8) is 0 Å². The van der Waals surface area contributed by atoms with Crippen molar-refractivity contribution < 1.29 is 4.42 Å². The lowest BCUT2D eigenvalue weighted by molar-refractivity contribution is 0.619. The van der Waals surface area contributed by atoms with Gasteiger partial charge in [-0.05, 0) is 29.0 Å². The minimum absolute atomic E-state index is 1.00. The Morgan fingerprint density at radius 2 is 1.65 bits per heavy atom. The molecule has 0 unspecified atom stereocenters.